The Bertz CT molecular complexity index is 564. The third-order valence-electron chi connectivity index (χ3n) is 2.35. The molecule has 0 aliphatic heterocycles. The van der Waals surface area contributed by atoms with Crippen LogP contribution in [-0.4, -0.2) is 0 Å². The predicted molar refractivity (Wildman–Crippen MR) is 76.4 cm³/mol. The van der Waals surface area contributed by atoms with E-state index in [1.165, 1.54) is 20.8 Å². The third kappa shape index (κ3) is 2.42. The minimum Gasteiger partial charge on any atom is -0.0947 e. The highest BCUT2D eigenvalue weighted by Crippen LogP contribution is 2.29. The van der Waals surface area contributed by atoms with Gasteiger partial charge in [-0.2, -0.15) is 0 Å². The van der Waals surface area contributed by atoms with Crippen molar-refractivity contribution in [2.45, 2.75) is 12.7 Å². The minimum atomic E-state index is 0.923. The van der Waals surface area contributed by atoms with E-state index >= 15 is 0 Å². The van der Waals surface area contributed by atoms with Crippen LogP contribution >= 0.6 is 27.7 Å². The molecule has 16 heavy (non-hydrogen) atoms. The smallest absolute Gasteiger partial charge is 0.0319 e. The molecule has 0 heterocycles. The van der Waals surface area contributed by atoms with Crippen molar-refractivity contribution in [3.8, 4) is 11.2 Å². The maximum absolute atomic E-state index is 3.67. The predicted octanol–water partition coefficient (Wildman–Crippen LogP) is 4.82. The van der Waals surface area contributed by atoms with Gasteiger partial charge in [-0.3, -0.25) is 0 Å². The third-order valence-corrected chi connectivity index (χ3v) is 4.09. The maximum atomic E-state index is 3.67. The first-order valence-corrected chi connectivity index (χ1v) is 6.80. The van der Waals surface area contributed by atoms with Crippen molar-refractivity contribution in [2.75, 3.05) is 0 Å². The summed E-state index contributed by atoms with van der Waals surface area (Å²) in [4.78, 5) is 0. The highest BCUT2D eigenvalue weighted by molar-refractivity contribution is 9.10. The molecule has 0 aromatic heterocycles. The Morgan fingerprint density at radius 1 is 1.19 bits per heavy atom. The molecule has 0 fully saturated rings. The second-order valence-corrected chi connectivity index (χ2v) is 4.98. The number of rotatable bonds is 2. The fourth-order valence-corrected chi connectivity index (χ4v) is 3.01. The van der Waals surface area contributed by atoms with Crippen LogP contribution < -0.4 is 0 Å². The first-order chi connectivity index (χ1) is 7.83. The topological polar surface area (TPSA) is 0 Å². The molecule has 2 rings (SSSR count). The lowest BCUT2D eigenvalue weighted by molar-refractivity contribution is 1.42. The van der Waals surface area contributed by atoms with Gasteiger partial charge in [0.15, 0.2) is 0 Å². The molecule has 0 amide bonds. The lowest BCUT2D eigenvalue weighted by atomic mass is 10.1. The molecule has 80 valence electrons. The van der Waals surface area contributed by atoms with Gasteiger partial charge in [-0.1, -0.05) is 54.1 Å². The van der Waals surface area contributed by atoms with Crippen molar-refractivity contribution in [3.63, 3.8) is 0 Å². The van der Waals surface area contributed by atoms with Gasteiger partial charge >= 0.3 is 0 Å². The van der Waals surface area contributed by atoms with Crippen molar-refractivity contribution < 1.29 is 0 Å². The summed E-state index contributed by atoms with van der Waals surface area (Å²) in [6, 6.07) is 12.7. The fraction of sp³-hybridized carbons (Fsp3) is 0.143. The second-order valence-electron chi connectivity index (χ2n) is 3.40. The van der Waals surface area contributed by atoms with Crippen molar-refractivity contribution in [2.24, 2.45) is 0 Å². The molecule has 0 unspecified atom stereocenters. The summed E-state index contributed by atoms with van der Waals surface area (Å²) in [6.07, 6.45) is 0. The summed E-state index contributed by atoms with van der Waals surface area (Å²) < 4.78 is 1.19. The van der Waals surface area contributed by atoms with Gasteiger partial charge in [-0.15, -0.1) is 0 Å². The number of halogens is 1. The van der Waals surface area contributed by atoms with Crippen LogP contribution in [0.15, 0.2) is 40.9 Å². The second kappa shape index (κ2) is 5.43. The van der Waals surface area contributed by atoms with Crippen LogP contribution in [0, 0.1) is 11.2 Å². The highest BCUT2D eigenvalue weighted by Gasteiger charge is 2.03. The van der Waals surface area contributed by atoms with Gasteiger partial charge in [0.2, 0.25) is 0 Å². The number of fused-ring (bicyclic) bond motifs is 1. The zero-order chi connectivity index (χ0) is 11.4. The fourth-order valence-electron chi connectivity index (χ4n) is 1.58. The van der Waals surface area contributed by atoms with Crippen LogP contribution in [0.1, 0.15) is 12.5 Å². The van der Waals surface area contributed by atoms with E-state index in [2.05, 4.69) is 63.5 Å². The van der Waals surface area contributed by atoms with E-state index in [1.54, 1.807) is 11.8 Å². The van der Waals surface area contributed by atoms with Crippen LogP contribution in [-0.2, 0) is 5.75 Å². The van der Waals surface area contributed by atoms with E-state index in [1.807, 2.05) is 6.92 Å². The van der Waals surface area contributed by atoms with Crippen LogP contribution in [0.4, 0.5) is 0 Å². The van der Waals surface area contributed by atoms with Crippen molar-refractivity contribution in [1.29, 1.82) is 0 Å². The number of hydrogen-bond acceptors (Lipinski definition) is 1. The van der Waals surface area contributed by atoms with Crippen LogP contribution in [0.2, 0.25) is 0 Å². The van der Waals surface area contributed by atoms with E-state index in [4.69, 9.17) is 0 Å². The van der Waals surface area contributed by atoms with Gasteiger partial charge in [0.25, 0.3) is 0 Å². The summed E-state index contributed by atoms with van der Waals surface area (Å²) in [5, 5.41) is 5.55. The van der Waals surface area contributed by atoms with E-state index < -0.39 is 0 Å². The normalized spacial score (nSPS) is 9.88. The molecule has 0 aliphatic carbocycles. The average molecular weight is 291 g/mol. The molecule has 0 radical (unpaired) electrons. The van der Waals surface area contributed by atoms with Gasteiger partial charge in [0, 0.05) is 10.2 Å². The number of benzene rings is 2. The molecule has 0 atom stereocenters. The van der Waals surface area contributed by atoms with Gasteiger partial charge in [0.05, 0.1) is 0 Å². The lowest BCUT2D eigenvalue weighted by Gasteiger charge is -2.06. The van der Waals surface area contributed by atoms with Crippen LogP contribution in [0.5, 0.6) is 0 Å². The van der Waals surface area contributed by atoms with Crippen LogP contribution in [0.25, 0.3) is 10.8 Å². The van der Waals surface area contributed by atoms with Gasteiger partial charge in [-0.05, 0) is 44.4 Å². The standard InChI is InChI=1S/C14H11BrS/c1-2-9-16-10-12-8-7-11-5-3-4-6-13(11)14(12)15/h3-8H,10H2,1H3. The molecule has 0 saturated heterocycles. The quantitative estimate of drug-likeness (QED) is 0.715. The Balaban J connectivity index is 2.39. The largest absolute Gasteiger partial charge is 0.0947 e. The molecule has 0 nitrogen and oxygen atoms in total. The molecule has 0 aliphatic rings. The van der Waals surface area contributed by atoms with E-state index in [0.29, 0.717) is 0 Å². The number of hydrogen-bond donors (Lipinski definition) is 0. The summed E-state index contributed by atoms with van der Waals surface area (Å²) >= 11 is 5.31. The molecular weight excluding hydrogens is 280 g/mol. The van der Waals surface area contributed by atoms with Crippen LogP contribution in [0.3, 0.4) is 0 Å². The highest BCUT2D eigenvalue weighted by atomic mass is 79.9. The maximum Gasteiger partial charge on any atom is 0.0319 e. The Hall–Kier alpha value is -0.910. The zero-order valence-corrected chi connectivity index (χ0v) is 11.4. The van der Waals surface area contributed by atoms with Gasteiger partial charge in [0.1, 0.15) is 0 Å². The first-order valence-electron chi connectivity index (χ1n) is 5.02. The Morgan fingerprint density at radius 2 is 2.00 bits per heavy atom. The van der Waals surface area contributed by atoms with Gasteiger partial charge in [-0.25, -0.2) is 0 Å². The van der Waals surface area contributed by atoms with Crippen molar-refractivity contribution >= 4 is 38.5 Å². The van der Waals surface area contributed by atoms with E-state index in [-0.39, 0.29) is 0 Å². The molecule has 2 heteroatoms. The molecule has 2 aromatic carbocycles. The number of thioether (sulfide) groups is 1. The molecule has 0 spiro atoms. The molecular formula is C14H11BrS. The Labute approximate surface area is 109 Å². The van der Waals surface area contributed by atoms with E-state index in [9.17, 15) is 0 Å². The van der Waals surface area contributed by atoms with E-state index in [0.717, 1.165) is 5.75 Å². The summed E-state index contributed by atoms with van der Waals surface area (Å²) in [5.41, 5.74) is 1.30. The molecule has 0 bridgehead atoms. The van der Waals surface area contributed by atoms with Crippen molar-refractivity contribution in [1.82, 2.24) is 0 Å². The Morgan fingerprint density at radius 3 is 2.81 bits per heavy atom. The zero-order valence-electron chi connectivity index (χ0n) is 8.96. The summed E-state index contributed by atoms with van der Waals surface area (Å²) in [5.74, 6) is 3.82. The SMILES string of the molecule is CC#CSCc1ccc2ccccc2c1Br. The summed E-state index contributed by atoms with van der Waals surface area (Å²) in [6.45, 7) is 1.86. The Kier molecular flexibility index (Phi) is 3.93. The molecule has 0 N–H and O–H groups in total. The molecule has 0 saturated carbocycles. The average Bonchev–Trinajstić information content (AvgIpc) is 2.33. The molecule has 2 aromatic rings. The lowest BCUT2D eigenvalue weighted by Crippen LogP contribution is -1.84. The summed E-state index contributed by atoms with van der Waals surface area (Å²) in [7, 11) is 0. The monoisotopic (exact) mass is 290 g/mol. The van der Waals surface area contributed by atoms with Crippen molar-refractivity contribution in [3.05, 3.63) is 46.4 Å². The first kappa shape index (κ1) is 11.6. The minimum absolute atomic E-state index is 0.923. The van der Waals surface area contributed by atoms with Gasteiger partial charge < -0.3 is 0 Å².